The number of rotatable bonds is 5. The first-order chi connectivity index (χ1) is 13.5. The lowest BCUT2D eigenvalue weighted by Crippen LogP contribution is -2.22. The SMILES string of the molecule is O=C(O)C(F)(F)F.O=S(=O)(Nc1nccs1)c1ccc(N[C@@H]2CCNC2)c(Cl)c1. The lowest BCUT2D eigenvalue weighted by molar-refractivity contribution is -0.192. The van der Waals surface area contributed by atoms with E-state index in [1.54, 1.807) is 11.4 Å². The zero-order valence-electron chi connectivity index (χ0n) is 14.5. The molecule has 0 amide bonds. The largest absolute Gasteiger partial charge is 0.490 e. The second-order valence-electron chi connectivity index (χ2n) is 5.72. The summed E-state index contributed by atoms with van der Waals surface area (Å²) in [6.07, 6.45) is -2.53. The summed E-state index contributed by atoms with van der Waals surface area (Å²) in [5.74, 6) is -2.76. The minimum absolute atomic E-state index is 0.114. The van der Waals surface area contributed by atoms with E-state index in [2.05, 4.69) is 20.3 Å². The van der Waals surface area contributed by atoms with Crippen LogP contribution in [0.4, 0.5) is 24.0 Å². The molecule has 1 aromatic carbocycles. The van der Waals surface area contributed by atoms with E-state index in [1.165, 1.54) is 29.7 Å². The molecule has 1 atom stereocenters. The van der Waals surface area contributed by atoms with Gasteiger partial charge in [-0.2, -0.15) is 13.2 Å². The molecule has 0 spiro atoms. The number of nitrogens with one attached hydrogen (secondary N) is 3. The monoisotopic (exact) mass is 472 g/mol. The number of aromatic nitrogens is 1. The number of hydrogen-bond acceptors (Lipinski definition) is 7. The Morgan fingerprint density at radius 2 is 2.07 bits per heavy atom. The average molecular weight is 473 g/mol. The molecule has 1 saturated heterocycles. The first kappa shape index (κ1) is 23.2. The number of thiazole rings is 1. The third-order valence-electron chi connectivity index (χ3n) is 3.57. The number of alkyl halides is 3. The van der Waals surface area contributed by atoms with Crippen molar-refractivity contribution in [2.75, 3.05) is 23.1 Å². The number of anilines is 2. The normalized spacial score (nSPS) is 16.6. The van der Waals surface area contributed by atoms with Crippen molar-refractivity contribution in [1.29, 1.82) is 0 Å². The van der Waals surface area contributed by atoms with E-state index < -0.39 is 22.2 Å². The van der Waals surface area contributed by atoms with Crippen LogP contribution in [0.15, 0.2) is 34.7 Å². The van der Waals surface area contributed by atoms with Gasteiger partial charge in [0.15, 0.2) is 5.13 Å². The molecular formula is C15H16ClF3N4O4S2. The van der Waals surface area contributed by atoms with Crippen molar-refractivity contribution in [3.05, 3.63) is 34.8 Å². The molecule has 8 nitrogen and oxygen atoms in total. The lowest BCUT2D eigenvalue weighted by atomic mass is 10.2. The van der Waals surface area contributed by atoms with Crippen LogP contribution in [0.2, 0.25) is 5.02 Å². The highest BCUT2D eigenvalue weighted by molar-refractivity contribution is 7.93. The van der Waals surface area contributed by atoms with Gasteiger partial charge in [-0.3, -0.25) is 4.72 Å². The van der Waals surface area contributed by atoms with Gasteiger partial charge in [-0.25, -0.2) is 18.2 Å². The average Bonchev–Trinajstić information content (AvgIpc) is 3.30. The Bertz CT molecular complexity index is 934. The summed E-state index contributed by atoms with van der Waals surface area (Å²) in [4.78, 5) is 12.9. The minimum atomic E-state index is -5.08. The number of sulfonamides is 1. The van der Waals surface area contributed by atoms with Gasteiger partial charge in [0.1, 0.15) is 0 Å². The van der Waals surface area contributed by atoms with Gasteiger partial charge in [0.2, 0.25) is 0 Å². The third-order valence-corrected chi connectivity index (χ3v) is 6.03. The third kappa shape index (κ3) is 7.03. The molecule has 3 rings (SSSR count). The van der Waals surface area contributed by atoms with Crippen LogP contribution >= 0.6 is 22.9 Å². The van der Waals surface area contributed by atoms with Gasteiger partial charge in [-0.15, -0.1) is 11.3 Å². The molecule has 160 valence electrons. The predicted molar refractivity (Wildman–Crippen MR) is 103 cm³/mol. The van der Waals surface area contributed by atoms with Gasteiger partial charge in [-0.05, 0) is 31.2 Å². The molecule has 1 aliphatic heterocycles. The summed E-state index contributed by atoms with van der Waals surface area (Å²) in [5, 5.41) is 16.1. The fraction of sp³-hybridized carbons (Fsp3) is 0.333. The van der Waals surface area contributed by atoms with Gasteiger partial charge in [-0.1, -0.05) is 11.6 Å². The van der Waals surface area contributed by atoms with E-state index in [0.717, 1.165) is 25.2 Å². The maximum absolute atomic E-state index is 12.3. The summed E-state index contributed by atoms with van der Waals surface area (Å²) in [6, 6.07) is 4.99. The fourth-order valence-electron chi connectivity index (χ4n) is 2.23. The van der Waals surface area contributed by atoms with E-state index >= 15 is 0 Å². The maximum atomic E-state index is 12.3. The Hall–Kier alpha value is -2.09. The standard InChI is InChI=1S/C13H15ClN4O2S2.C2HF3O2/c14-11-7-10(22(19,20)18-13-16-5-6-21-13)1-2-12(11)17-9-3-4-15-8-9;3-2(4,5)1(6)7/h1-2,5-7,9,15,17H,3-4,8H2,(H,16,18);(H,6,7)/t9-;/m1./s1. The Balaban J connectivity index is 0.000000370. The Labute approximate surface area is 173 Å². The number of carbonyl (C=O) groups is 1. The topological polar surface area (TPSA) is 120 Å². The highest BCUT2D eigenvalue weighted by Crippen LogP contribution is 2.27. The molecule has 4 N–H and O–H groups in total. The minimum Gasteiger partial charge on any atom is -0.475 e. The summed E-state index contributed by atoms with van der Waals surface area (Å²) < 4.78 is 58.7. The second kappa shape index (κ2) is 9.61. The highest BCUT2D eigenvalue weighted by Gasteiger charge is 2.38. The summed E-state index contributed by atoms with van der Waals surface area (Å²) >= 11 is 7.43. The summed E-state index contributed by atoms with van der Waals surface area (Å²) in [6.45, 7) is 1.85. The summed E-state index contributed by atoms with van der Waals surface area (Å²) in [7, 11) is -3.68. The van der Waals surface area contributed by atoms with Gasteiger partial charge >= 0.3 is 12.1 Å². The molecule has 0 radical (unpaired) electrons. The number of halogens is 4. The molecule has 29 heavy (non-hydrogen) atoms. The lowest BCUT2D eigenvalue weighted by Gasteiger charge is -2.15. The quantitative estimate of drug-likeness (QED) is 0.528. The molecule has 1 fully saturated rings. The number of benzene rings is 1. The Morgan fingerprint density at radius 3 is 2.55 bits per heavy atom. The number of nitrogens with zero attached hydrogens (tertiary/aromatic N) is 1. The van der Waals surface area contributed by atoms with Crippen LogP contribution in [0.3, 0.4) is 0 Å². The van der Waals surface area contributed by atoms with E-state index in [1.807, 2.05) is 0 Å². The van der Waals surface area contributed by atoms with Crippen LogP contribution in [-0.2, 0) is 14.8 Å². The molecular weight excluding hydrogens is 457 g/mol. The van der Waals surface area contributed by atoms with Gasteiger partial charge in [0.25, 0.3) is 10.0 Å². The molecule has 14 heteroatoms. The van der Waals surface area contributed by atoms with E-state index in [-0.39, 0.29) is 4.90 Å². The van der Waals surface area contributed by atoms with Crippen molar-refractivity contribution in [1.82, 2.24) is 10.3 Å². The summed E-state index contributed by atoms with van der Waals surface area (Å²) in [5.41, 5.74) is 0.739. The first-order valence-electron chi connectivity index (χ1n) is 7.98. The van der Waals surface area contributed by atoms with E-state index in [9.17, 15) is 21.6 Å². The van der Waals surface area contributed by atoms with Gasteiger partial charge < -0.3 is 15.7 Å². The van der Waals surface area contributed by atoms with Crippen molar-refractivity contribution >= 4 is 49.7 Å². The molecule has 2 heterocycles. The van der Waals surface area contributed by atoms with Crippen LogP contribution < -0.4 is 15.4 Å². The Morgan fingerprint density at radius 1 is 1.38 bits per heavy atom. The molecule has 1 aliphatic rings. The molecule has 2 aromatic rings. The first-order valence-corrected chi connectivity index (χ1v) is 10.7. The van der Waals surface area contributed by atoms with Crippen molar-refractivity contribution in [2.45, 2.75) is 23.5 Å². The van der Waals surface area contributed by atoms with Crippen molar-refractivity contribution in [2.24, 2.45) is 0 Å². The van der Waals surface area contributed by atoms with Crippen LogP contribution in [0.25, 0.3) is 0 Å². The molecule has 0 saturated carbocycles. The second-order valence-corrected chi connectivity index (χ2v) is 8.71. The zero-order valence-corrected chi connectivity index (χ0v) is 16.9. The van der Waals surface area contributed by atoms with Crippen molar-refractivity contribution < 1.29 is 31.5 Å². The highest BCUT2D eigenvalue weighted by atomic mass is 35.5. The molecule has 0 aliphatic carbocycles. The zero-order chi connectivity index (χ0) is 21.7. The van der Waals surface area contributed by atoms with E-state index in [4.69, 9.17) is 21.5 Å². The Kier molecular flexibility index (Phi) is 7.68. The number of aliphatic carboxylic acids is 1. The number of carboxylic acids is 1. The van der Waals surface area contributed by atoms with Crippen LogP contribution in [0.1, 0.15) is 6.42 Å². The smallest absolute Gasteiger partial charge is 0.475 e. The van der Waals surface area contributed by atoms with Gasteiger partial charge in [0.05, 0.1) is 15.6 Å². The van der Waals surface area contributed by atoms with Crippen LogP contribution in [-0.4, -0.2) is 49.8 Å². The number of carboxylic acid groups (broad SMARTS) is 1. The van der Waals surface area contributed by atoms with Gasteiger partial charge in [0, 0.05) is 24.2 Å². The van der Waals surface area contributed by atoms with Crippen LogP contribution in [0, 0.1) is 0 Å². The van der Waals surface area contributed by atoms with E-state index in [0.29, 0.717) is 16.2 Å². The van der Waals surface area contributed by atoms with Crippen molar-refractivity contribution in [3.8, 4) is 0 Å². The van der Waals surface area contributed by atoms with Crippen molar-refractivity contribution in [3.63, 3.8) is 0 Å². The fourth-order valence-corrected chi connectivity index (χ4v) is 4.34. The predicted octanol–water partition coefficient (Wildman–Crippen LogP) is 3.00. The number of hydrogen-bond donors (Lipinski definition) is 4. The molecule has 1 aromatic heterocycles. The van der Waals surface area contributed by atoms with Crippen LogP contribution in [0.5, 0.6) is 0 Å². The maximum Gasteiger partial charge on any atom is 0.490 e. The molecule has 0 bridgehead atoms. The molecule has 0 unspecified atom stereocenters.